The molecular formula is C35H49N3. The van der Waals surface area contributed by atoms with Gasteiger partial charge in [0.2, 0.25) is 0 Å². The van der Waals surface area contributed by atoms with E-state index in [0.29, 0.717) is 5.71 Å². The van der Waals surface area contributed by atoms with E-state index in [4.69, 9.17) is 22.2 Å². The molecule has 0 bridgehead atoms. The lowest BCUT2D eigenvalue weighted by molar-refractivity contribution is 0.899. The summed E-state index contributed by atoms with van der Waals surface area (Å²) in [5, 5.41) is 14.2. The zero-order valence-corrected chi connectivity index (χ0v) is 24.9. The van der Waals surface area contributed by atoms with Crippen molar-refractivity contribution in [2.75, 3.05) is 0 Å². The second-order valence-corrected chi connectivity index (χ2v) is 9.12. The molecule has 2 N–H and O–H groups in total. The largest absolute Gasteiger partial charge is 0.317 e. The number of hydrogen-bond acceptors (Lipinski definition) is 3. The van der Waals surface area contributed by atoms with Crippen molar-refractivity contribution in [3.63, 3.8) is 0 Å². The summed E-state index contributed by atoms with van der Waals surface area (Å²) in [6.45, 7) is 21.1. The van der Waals surface area contributed by atoms with Crippen molar-refractivity contribution >= 4 is 23.8 Å². The predicted molar refractivity (Wildman–Crippen MR) is 172 cm³/mol. The Labute approximate surface area is 233 Å². The van der Waals surface area contributed by atoms with E-state index in [-0.39, 0.29) is 5.71 Å². The lowest BCUT2D eigenvalue weighted by Crippen LogP contribution is -2.10. The first kappa shape index (κ1) is 34.5. The third kappa shape index (κ3) is 10.9. The maximum atomic E-state index is 8.75. The van der Waals surface area contributed by atoms with Crippen LogP contribution in [-0.4, -0.2) is 18.1 Å². The SMILES string of the molecule is C#CC(=NC(=C(C)C)c1ccc(CCC)c(CC)c1)C(=N)/C=C(/CC=C)CC1=CCCC=C1C.C=N.CC. The van der Waals surface area contributed by atoms with Gasteiger partial charge in [-0.15, -0.1) is 13.0 Å². The summed E-state index contributed by atoms with van der Waals surface area (Å²) >= 11 is 0. The molecule has 0 aliphatic heterocycles. The number of hydrogen-bond donors (Lipinski definition) is 2. The molecule has 0 saturated heterocycles. The van der Waals surface area contributed by atoms with Crippen molar-refractivity contribution in [3.8, 4) is 12.3 Å². The van der Waals surface area contributed by atoms with Crippen molar-refractivity contribution < 1.29 is 0 Å². The minimum Gasteiger partial charge on any atom is -0.317 e. The second kappa shape index (κ2) is 19.6. The smallest absolute Gasteiger partial charge is 0.138 e. The molecule has 1 aromatic rings. The van der Waals surface area contributed by atoms with Crippen LogP contribution in [0.3, 0.4) is 0 Å². The molecule has 0 spiro atoms. The Balaban J connectivity index is 0.00000326. The molecule has 0 saturated carbocycles. The van der Waals surface area contributed by atoms with E-state index in [0.717, 1.165) is 67.4 Å². The third-order valence-corrected chi connectivity index (χ3v) is 6.16. The molecule has 38 heavy (non-hydrogen) atoms. The molecule has 1 aliphatic rings. The molecule has 3 heteroatoms. The first-order valence-corrected chi connectivity index (χ1v) is 13.8. The number of allylic oxidation sites excluding steroid dienone is 8. The normalized spacial score (nSPS) is 12.9. The molecule has 0 heterocycles. The van der Waals surface area contributed by atoms with Gasteiger partial charge in [0.25, 0.3) is 0 Å². The van der Waals surface area contributed by atoms with Gasteiger partial charge in [0.1, 0.15) is 5.71 Å². The standard InChI is InChI=1S/C32H40N2.C2H6.CH3N/c1-8-14-25(20-28-17-13-12-16-24(28)7)21-30(33)31(11-4)34-32(23(5)6)29-19-18-27(15-9-2)26(10-3)22-29;2*1-2/h4,8,16-19,21-22,33H,1,9-10,12-15,20H2,2-3,5-7H3;1-2H3;2H,1H2/b25-21-,33-30?,34-31?;;. The topological polar surface area (TPSA) is 60.1 Å². The summed E-state index contributed by atoms with van der Waals surface area (Å²) in [4.78, 5) is 4.83. The van der Waals surface area contributed by atoms with Crippen LogP contribution in [0.5, 0.6) is 0 Å². The molecule has 204 valence electrons. The second-order valence-electron chi connectivity index (χ2n) is 9.12. The molecule has 0 fully saturated rings. The number of rotatable bonds is 11. The number of nitrogens with one attached hydrogen (secondary N) is 2. The van der Waals surface area contributed by atoms with Crippen LogP contribution in [0.25, 0.3) is 5.70 Å². The lowest BCUT2D eigenvalue weighted by atomic mass is 9.91. The molecule has 0 amide bonds. The van der Waals surface area contributed by atoms with Gasteiger partial charge < -0.3 is 5.41 Å². The van der Waals surface area contributed by atoms with Gasteiger partial charge in [0.15, 0.2) is 0 Å². The van der Waals surface area contributed by atoms with Gasteiger partial charge in [0.05, 0.1) is 11.4 Å². The van der Waals surface area contributed by atoms with Crippen LogP contribution in [-0.2, 0) is 12.8 Å². The lowest BCUT2D eigenvalue weighted by Gasteiger charge is -2.15. The van der Waals surface area contributed by atoms with Crippen LogP contribution < -0.4 is 0 Å². The van der Waals surface area contributed by atoms with E-state index in [9.17, 15) is 0 Å². The van der Waals surface area contributed by atoms with Gasteiger partial charge in [-0.1, -0.05) is 81.2 Å². The molecule has 2 rings (SSSR count). The summed E-state index contributed by atoms with van der Waals surface area (Å²) in [7, 11) is 0. The fourth-order valence-electron chi connectivity index (χ4n) is 4.31. The summed E-state index contributed by atoms with van der Waals surface area (Å²) < 4.78 is 0. The minimum atomic E-state index is 0.273. The average molecular weight is 512 g/mol. The number of aryl methyl sites for hydroxylation is 2. The van der Waals surface area contributed by atoms with E-state index in [1.807, 2.05) is 39.8 Å². The molecule has 0 radical (unpaired) electrons. The van der Waals surface area contributed by atoms with Crippen LogP contribution in [0.4, 0.5) is 0 Å². The van der Waals surface area contributed by atoms with E-state index < -0.39 is 0 Å². The van der Waals surface area contributed by atoms with Crippen LogP contribution in [0.1, 0.15) is 97.3 Å². The van der Waals surface area contributed by atoms with Crippen LogP contribution in [0.2, 0.25) is 0 Å². The van der Waals surface area contributed by atoms with Crippen molar-refractivity contribution in [2.24, 2.45) is 4.99 Å². The summed E-state index contributed by atoms with van der Waals surface area (Å²) in [5.74, 6) is 2.67. The first-order chi connectivity index (χ1) is 18.3. The van der Waals surface area contributed by atoms with Gasteiger partial charge in [-0.05, 0) is 101 Å². The Morgan fingerprint density at radius 1 is 1.11 bits per heavy atom. The Morgan fingerprint density at radius 2 is 1.76 bits per heavy atom. The van der Waals surface area contributed by atoms with E-state index in [2.05, 4.69) is 70.3 Å². The van der Waals surface area contributed by atoms with Gasteiger partial charge in [-0.25, -0.2) is 4.99 Å². The number of terminal acetylenes is 1. The highest BCUT2D eigenvalue weighted by Crippen LogP contribution is 2.27. The molecule has 3 nitrogen and oxygen atoms in total. The molecule has 0 unspecified atom stereocenters. The molecule has 1 aliphatic carbocycles. The minimum absolute atomic E-state index is 0.273. The van der Waals surface area contributed by atoms with E-state index in [1.165, 1.54) is 22.3 Å². The fourth-order valence-corrected chi connectivity index (χ4v) is 4.31. The monoisotopic (exact) mass is 511 g/mol. The van der Waals surface area contributed by atoms with Crippen molar-refractivity contribution in [3.05, 3.63) is 88.1 Å². The predicted octanol–water partition coefficient (Wildman–Crippen LogP) is 9.90. The summed E-state index contributed by atoms with van der Waals surface area (Å²) in [5.41, 5.74) is 10.1. The maximum Gasteiger partial charge on any atom is 0.138 e. The molecular weight excluding hydrogens is 462 g/mol. The van der Waals surface area contributed by atoms with Crippen molar-refractivity contribution in [1.82, 2.24) is 0 Å². The number of benzene rings is 1. The van der Waals surface area contributed by atoms with Crippen LogP contribution in [0, 0.1) is 23.2 Å². The quantitative estimate of drug-likeness (QED) is 0.169. The van der Waals surface area contributed by atoms with Gasteiger partial charge in [0, 0.05) is 5.56 Å². The Hall–Kier alpha value is -3.51. The highest BCUT2D eigenvalue weighted by molar-refractivity contribution is 6.51. The molecule has 1 aromatic carbocycles. The Kier molecular flexibility index (Phi) is 17.8. The van der Waals surface area contributed by atoms with Crippen LogP contribution >= 0.6 is 0 Å². The number of nitrogens with zero attached hydrogens (tertiary/aromatic N) is 1. The Bertz CT molecular complexity index is 1130. The highest BCUT2D eigenvalue weighted by atomic mass is 14.8. The van der Waals surface area contributed by atoms with Gasteiger partial charge in [-0.3, -0.25) is 5.41 Å². The maximum absolute atomic E-state index is 8.75. The first-order valence-electron chi connectivity index (χ1n) is 13.8. The third-order valence-electron chi connectivity index (χ3n) is 6.16. The zero-order valence-electron chi connectivity index (χ0n) is 24.9. The van der Waals surface area contributed by atoms with Gasteiger partial charge in [-0.2, -0.15) is 0 Å². The van der Waals surface area contributed by atoms with Crippen LogP contribution in [0.15, 0.2) is 76.4 Å². The van der Waals surface area contributed by atoms with Gasteiger partial charge >= 0.3 is 0 Å². The van der Waals surface area contributed by atoms with E-state index in [1.54, 1.807) is 0 Å². The van der Waals surface area contributed by atoms with Crippen molar-refractivity contribution in [2.45, 2.75) is 93.4 Å². The molecule has 0 aromatic heterocycles. The zero-order chi connectivity index (χ0) is 29.1. The molecule has 0 atom stereocenters. The summed E-state index contributed by atoms with van der Waals surface area (Å²) in [6, 6.07) is 6.59. The van der Waals surface area contributed by atoms with Crippen molar-refractivity contribution in [1.29, 1.82) is 10.8 Å². The number of aliphatic imine (C=N–C) groups is 1. The fraction of sp³-hybridized carbons (Fsp3) is 0.400. The highest BCUT2D eigenvalue weighted by Gasteiger charge is 2.12. The van der Waals surface area contributed by atoms with E-state index >= 15 is 0 Å². The summed E-state index contributed by atoms with van der Waals surface area (Å²) in [6.07, 6.45) is 21.1. The average Bonchev–Trinajstić information content (AvgIpc) is 2.93. The Morgan fingerprint density at radius 3 is 2.29 bits per heavy atom.